The van der Waals surface area contributed by atoms with E-state index in [1.165, 1.54) is 13.8 Å². The molecule has 7 aliphatic rings. The number of hydrogen-bond acceptors (Lipinski definition) is 41. The predicted octanol–water partition coefficient (Wildman–Crippen LogP) is -18.1. The van der Waals surface area contributed by atoms with Crippen molar-refractivity contribution in [1.29, 1.82) is 0 Å². The third kappa shape index (κ3) is 21.7. The fourth-order valence-electron chi connectivity index (χ4n) is 13.3. The summed E-state index contributed by atoms with van der Waals surface area (Å²) in [5.74, 6) is -7.76. The molecule has 0 aromatic heterocycles. The van der Waals surface area contributed by atoms with E-state index in [0.29, 0.717) is 0 Å². The van der Waals surface area contributed by atoms with E-state index in [1.807, 2.05) is 0 Å². The molecule has 0 bridgehead atoms. The van der Waals surface area contributed by atoms with Crippen molar-refractivity contribution in [2.24, 2.45) is 11.7 Å². The van der Waals surface area contributed by atoms with Crippen molar-refractivity contribution < 1.29 is 202 Å². The van der Waals surface area contributed by atoms with E-state index in [4.69, 9.17) is 67.3 Å². The zero-order chi connectivity index (χ0) is 81.9. The van der Waals surface area contributed by atoms with Gasteiger partial charge in [-0.2, -0.15) is 0 Å². The minimum atomic E-state index is -2.46. The van der Waals surface area contributed by atoms with Gasteiger partial charge in [-0.15, -0.1) is 0 Å². The number of rotatable bonds is 33. The molecule has 7 heterocycles. The van der Waals surface area contributed by atoms with Crippen LogP contribution in [0.5, 0.6) is 0 Å². The molecule has 0 saturated carbocycles. The summed E-state index contributed by atoms with van der Waals surface area (Å²) in [5.41, 5.74) is 5.34. The van der Waals surface area contributed by atoms with Gasteiger partial charge >= 0.3 is 0 Å². The number of aliphatic hydroxyl groups excluding tert-OH is 21. The van der Waals surface area contributed by atoms with Crippen LogP contribution in [0.4, 0.5) is 0 Å². The molecule has 7 fully saturated rings. The summed E-state index contributed by atoms with van der Waals surface area (Å²) >= 11 is 0. The molecule has 7 rings (SSSR count). The largest absolute Gasteiger partial charge is 0.394 e. The maximum absolute atomic E-state index is 14.0. The molecule has 0 aromatic carbocycles. The molecule has 40 atom stereocenters. The van der Waals surface area contributed by atoms with Gasteiger partial charge in [0.2, 0.25) is 41.4 Å². The Hall–Kier alpha value is -5.07. The van der Waals surface area contributed by atoms with Crippen molar-refractivity contribution in [3.8, 4) is 0 Å². The number of carbonyl (C=O) groups excluding carboxylic acids is 7. The average Bonchev–Trinajstić information content (AvgIpc) is 0.770. The van der Waals surface area contributed by atoms with Crippen LogP contribution in [0.3, 0.4) is 0 Å². The van der Waals surface area contributed by atoms with Crippen molar-refractivity contribution >= 4 is 41.4 Å². The molecule has 48 nitrogen and oxygen atoms in total. The topological polar surface area (TPSA) is 763 Å². The van der Waals surface area contributed by atoms with Crippen LogP contribution >= 0.6 is 0 Å². The van der Waals surface area contributed by atoms with Gasteiger partial charge in [0.25, 0.3) is 0 Å². The first-order valence-corrected chi connectivity index (χ1v) is 35.2. The van der Waals surface area contributed by atoms with Crippen molar-refractivity contribution in [3.05, 3.63) is 0 Å². The van der Waals surface area contributed by atoms with Crippen LogP contribution in [-0.4, -0.2) is 434 Å². The normalized spacial score (nSPS) is 42.4. The van der Waals surface area contributed by atoms with Crippen LogP contribution in [0, 0.1) is 5.92 Å². The number of aliphatic hydroxyl groups is 21. The van der Waals surface area contributed by atoms with E-state index >= 15 is 0 Å². The summed E-state index contributed by atoms with van der Waals surface area (Å²) in [7, 11) is 0. The smallest absolute Gasteiger partial charge is 0.243 e. The monoisotopic (exact) mass is 1600 g/mol. The Balaban J connectivity index is 1.13. The maximum atomic E-state index is 14.0. The number of ether oxygens (including phenoxy) is 13. The molecule has 0 radical (unpaired) electrons. The average molecular weight is 1600 g/mol. The molecule has 7 aliphatic heterocycles. The molecule has 7 amide bonds. The summed E-state index contributed by atoms with van der Waals surface area (Å²) in [5, 5.41) is 244. The van der Waals surface area contributed by atoms with Gasteiger partial charge in [-0.1, -0.05) is 20.3 Å². The molecular formula is C62H105N7O41. The standard InChI is InChI=1S/C62H105N7O41/c1-7-16(2)30(55(97)69-31(17(3)76)53(63)95)68-54(96)21(64-18(4)77)8-29(80)67-56-32(65-19(5)78)37(84)48(24(11-72)99-56)106-57-33(66-20(6)79)38(85)49(25(12-73)102-57)107-62-47(94)52(110-61-46(93)42(89)51(27(14-75)104-61)109-60-44(91)40(87)35(82)23(10-71)101-60)36(83)28(105-62)15-98-58-45(92)41(88)50(26(13-74)103-58)108-59-43(90)39(86)34(81)22(9-70)100-59/h16-17,21-28,30-52,56-62,70-76,81-94H,7-15H2,1-6H3,(H2,63,95)(H,64,77)(H,65,78)(H,66,79)(H,67,80)(H,68,96)(H,69,97)/t16-,17+,21-,22+,23+,24+,25+,26+,27+,28+,30-,31-,32+,33+,34-,35-,36+,37+,38+,39-,40-,41+,42+,43+,44+,45-,46-,47-,48+,49+,50+,51+,52-,56+,57-,58-,59-,60-,61+,62-/m0/s1. The molecule has 48 heteroatoms. The number of amides is 7. The Morgan fingerprint density at radius 3 is 1.20 bits per heavy atom. The van der Waals surface area contributed by atoms with E-state index in [9.17, 15) is 141 Å². The van der Waals surface area contributed by atoms with E-state index in [1.54, 1.807) is 6.92 Å². The van der Waals surface area contributed by atoms with E-state index in [2.05, 4.69) is 31.9 Å². The molecular weight excluding hydrogens is 1500 g/mol. The van der Waals surface area contributed by atoms with Crippen LogP contribution in [0.25, 0.3) is 0 Å². The van der Waals surface area contributed by atoms with Crippen LogP contribution in [-0.2, 0) is 95.1 Å². The minimum absolute atomic E-state index is 0.240. The first-order chi connectivity index (χ1) is 51.8. The first kappa shape index (κ1) is 92.1. The summed E-state index contributed by atoms with van der Waals surface area (Å²) in [4.78, 5) is 91.7. The molecule has 29 N–H and O–H groups in total. The van der Waals surface area contributed by atoms with Crippen LogP contribution < -0.4 is 37.6 Å². The zero-order valence-electron chi connectivity index (χ0n) is 60.1. The highest BCUT2D eigenvalue weighted by Crippen LogP contribution is 2.38. The highest BCUT2D eigenvalue weighted by Gasteiger charge is 2.59. The fraction of sp³-hybridized carbons (Fsp3) is 0.887. The fourth-order valence-corrected chi connectivity index (χ4v) is 13.3. The molecule has 110 heavy (non-hydrogen) atoms. The molecule has 0 unspecified atom stereocenters. The van der Waals surface area contributed by atoms with Crippen molar-refractivity contribution in [2.75, 3.05) is 46.2 Å². The molecule has 0 aliphatic carbocycles. The van der Waals surface area contributed by atoms with Gasteiger partial charge in [-0.05, 0) is 12.8 Å². The second-order valence-corrected chi connectivity index (χ2v) is 27.6. The van der Waals surface area contributed by atoms with Gasteiger partial charge < -0.3 is 206 Å². The second-order valence-electron chi connectivity index (χ2n) is 27.6. The molecule has 634 valence electrons. The van der Waals surface area contributed by atoms with Gasteiger partial charge in [0.15, 0.2) is 44.0 Å². The lowest BCUT2D eigenvalue weighted by Crippen LogP contribution is -2.71. The van der Waals surface area contributed by atoms with Gasteiger partial charge in [-0.25, -0.2) is 0 Å². The summed E-state index contributed by atoms with van der Waals surface area (Å²) < 4.78 is 75.4. The summed E-state index contributed by atoms with van der Waals surface area (Å²) in [6.45, 7) is -0.229. The second kappa shape index (κ2) is 41.0. The summed E-state index contributed by atoms with van der Waals surface area (Å²) in [6.07, 6.45) is -69.6. The lowest BCUT2D eigenvalue weighted by molar-refractivity contribution is -0.392. The zero-order valence-corrected chi connectivity index (χ0v) is 60.1. The van der Waals surface area contributed by atoms with Crippen molar-refractivity contribution in [2.45, 2.75) is 293 Å². The Labute approximate surface area is 625 Å². The van der Waals surface area contributed by atoms with Crippen molar-refractivity contribution in [1.82, 2.24) is 31.9 Å². The van der Waals surface area contributed by atoms with E-state index < -0.39 is 339 Å². The van der Waals surface area contributed by atoms with Gasteiger partial charge in [0.1, 0.15) is 189 Å². The lowest BCUT2D eigenvalue weighted by atomic mass is 9.93. The number of hydrogen-bond donors (Lipinski definition) is 28. The van der Waals surface area contributed by atoms with Gasteiger partial charge in [-0.3, -0.25) is 33.6 Å². The Morgan fingerprint density at radius 1 is 0.382 bits per heavy atom. The van der Waals surface area contributed by atoms with Crippen LogP contribution in [0.1, 0.15) is 54.4 Å². The molecule has 7 saturated heterocycles. The number of nitrogens with one attached hydrogen (secondary N) is 6. The SMILES string of the molecule is CC[C@H](C)[C@H](NC(=O)[C@H](CC(=O)N[C@@H]1O[C@H](CO)[C@@H](O[C@@H]2O[C@H](CO)[C@@H](O[C@@H]3O[C@H](CO[C@H]4O[C@H](CO)[C@@H](O[C@@H]5O[C@H](CO)[C@H](O)[C@H](O)[C@H]5O)[C@H](O)[C@@H]4O)[C@@H](O)[C@H](O[C@H]4O[C@H](CO)[C@@H](O[C@@H]5O[C@H](CO)[C@H](O)[C@H](O)[C@H]5O)[C@H](O)[C@@H]4O)[C@@H]3O)[C@H](O)[C@H]2NC(C)=O)[C@H](O)[C@H]1NC(C)=O)NC(C)=O)C(=O)N[C@H](C(N)=O)[C@@H](C)O. The van der Waals surface area contributed by atoms with Crippen molar-refractivity contribution in [3.63, 3.8) is 0 Å². The quantitative estimate of drug-likeness (QED) is 0.0290. The Bertz CT molecular complexity index is 2980. The maximum Gasteiger partial charge on any atom is 0.243 e. The number of primary amides is 1. The highest BCUT2D eigenvalue weighted by atomic mass is 16.8. The third-order valence-corrected chi connectivity index (χ3v) is 19.6. The predicted molar refractivity (Wildman–Crippen MR) is 347 cm³/mol. The Morgan fingerprint density at radius 2 is 0.755 bits per heavy atom. The third-order valence-electron chi connectivity index (χ3n) is 19.6. The highest BCUT2D eigenvalue weighted by molar-refractivity contribution is 5.96. The van der Waals surface area contributed by atoms with Crippen LogP contribution in [0.15, 0.2) is 0 Å². The lowest BCUT2D eigenvalue weighted by Gasteiger charge is -2.50. The number of carbonyl (C=O) groups is 7. The van der Waals surface area contributed by atoms with E-state index in [-0.39, 0.29) is 6.42 Å². The molecule has 0 aromatic rings. The van der Waals surface area contributed by atoms with E-state index in [0.717, 1.165) is 20.8 Å². The minimum Gasteiger partial charge on any atom is -0.394 e. The number of nitrogens with two attached hydrogens (primary N) is 1. The van der Waals surface area contributed by atoms with Gasteiger partial charge in [0, 0.05) is 20.8 Å². The van der Waals surface area contributed by atoms with Crippen LogP contribution in [0.2, 0.25) is 0 Å². The van der Waals surface area contributed by atoms with Gasteiger partial charge in [0.05, 0.1) is 58.8 Å². The Kier molecular flexibility index (Phi) is 34.3. The first-order valence-electron chi connectivity index (χ1n) is 35.2. The molecule has 0 spiro atoms. The summed E-state index contributed by atoms with van der Waals surface area (Å²) in [6, 6.07) is -8.60.